The molecule has 0 spiro atoms. The van der Waals surface area contributed by atoms with E-state index in [0.717, 1.165) is 40.9 Å². The van der Waals surface area contributed by atoms with Gasteiger partial charge in [-0.2, -0.15) is 0 Å². The van der Waals surface area contributed by atoms with Gasteiger partial charge < -0.3 is 19.4 Å². The average Bonchev–Trinajstić information content (AvgIpc) is 3.18. The number of nitrogens with zero attached hydrogens (tertiary/aromatic N) is 1. The largest absolute Gasteiger partial charge is 0.497 e. The van der Waals surface area contributed by atoms with Crippen LogP contribution in [0.2, 0.25) is 0 Å². The van der Waals surface area contributed by atoms with Crippen LogP contribution >= 0.6 is 0 Å². The number of fused-ring (bicyclic) bond motifs is 1. The normalized spacial score (nSPS) is 15.7. The van der Waals surface area contributed by atoms with E-state index in [1.54, 1.807) is 7.11 Å². The first-order chi connectivity index (χ1) is 16.0. The maximum atomic E-state index is 13.2. The lowest BCUT2D eigenvalue weighted by Gasteiger charge is -2.31. The Morgan fingerprint density at radius 1 is 1.15 bits per heavy atom. The summed E-state index contributed by atoms with van der Waals surface area (Å²) in [6, 6.07) is 14.8. The van der Waals surface area contributed by atoms with Crippen LogP contribution in [0.5, 0.6) is 5.75 Å². The lowest BCUT2D eigenvalue weighted by Crippen LogP contribution is -2.34. The Labute approximate surface area is 197 Å². The van der Waals surface area contributed by atoms with Gasteiger partial charge in [0.2, 0.25) is 0 Å². The molecule has 4 rings (SSSR count). The SMILES string of the molecule is COc1cccc(C(C)OC(=O)c2c(C)[nH]c3ccc(CCN(C)C4CCCCC4)cc23)c1. The molecule has 1 aliphatic rings. The van der Waals surface area contributed by atoms with Crippen LogP contribution < -0.4 is 4.74 Å². The molecule has 5 heteroatoms. The first-order valence-electron chi connectivity index (χ1n) is 12.1. The van der Waals surface area contributed by atoms with Gasteiger partial charge in [0, 0.05) is 29.2 Å². The molecule has 0 saturated heterocycles. The Kier molecular flexibility index (Phi) is 7.39. The number of hydrogen-bond donors (Lipinski definition) is 1. The monoisotopic (exact) mass is 448 g/mol. The van der Waals surface area contributed by atoms with Gasteiger partial charge in [-0.15, -0.1) is 0 Å². The van der Waals surface area contributed by atoms with Crippen LogP contribution in [0.25, 0.3) is 10.9 Å². The first kappa shape index (κ1) is 23.4. The van der Waals surface area contributed by atoms with Gasteiger partial charge >= 0.3 is 5.97 Å². The molecule has 1 aromatic heterocycles. The van der Waals surface area contributed by atoms with Gasteiger partial charge in [0.05, 0.1) is 12.7 Å². The number of carbonyl (C=O) groups is 1. The summed E-state index contributed by atoms with van der Waals surface area (Å²) in [4.78, 5) is 19.0. The molecule has 1 atom stereocenters. The standard InChI is InChI=1S/C28H36N2O3/c1-19-27(28(31)33-20(2)22-9-8-12-24(18-22)32-4)25-17-21(13-14-26(25)29-19)15-16-30(3)23-10-6-5-7-11-23/h8-9,12-14,17-18,20,23,29H,5-7,10-11,15-16H2,1-4H3. The molecule has 1 N–H and O–H groups in total. The summed E-state index contributed by atoms with van der Waals surface area (Å²) in [6.45, 7) is 4.86. The maximum absolute atomic E-state index is 13.2. The predicted octanol–water partition coefficient (Wildman–Crippen LogP) is 6.21. The molecule has 176 valence electrons. The Balaban J connectivity index is 1.48. The van der Waals surface area contributed by atoms with Gasteiger partial charge in [-0.05, 0) is 75.5 Å². The number of aromatic nitrogens is 1. The van der Waals surface area contributed by atoms with E-state index in [4.69, 9.17) is 9.47 Å². The number of rotatable bonds is 8. The van der Waals surface area contributed by atoms with Gasteiger partial charge in [-0.25, -0.2) is 4.79 Å². The molecular weight excluding hydrogens is 412 g/mol. The summed E-state index contributed by atoms with van der Waals surface area (Å²) in [5.74, 6) is 0.451. The molecule has 1 unspecified atom stereocenters. The van der Waals surface area contributed by atoms with Crippen LogP contribution in [0.1, 0.15) is 72.3 Å². The zero-order valence-electron chi connectivity index (χ0n) is 20.3. The van der Waals surface area contributed by atoms with E-state index < -0.39 is 0 Å². The molecular formula is C28H36N2O3. The first-order valence-corrected chi connectivity index (χ1v) is 12.1. The number of H-pyrrole nitrogens is 1. The highest BCUT2D eigenvalue weighted by Gasteiger charge is 2.22. The third-order valence-electron chi connectivity index (χ3n) is 7.05. The number of esters is 1. The van der Waals surface area contributed by atoms with Gasteiger partial charge in [0.15, 0.2) is 0 Å². The second kappa shape index (κ2) is 10.4. The van der Waals surface area contributed by atoms with E-state index in [0.29, 0.717) is 11.6 Å². The van der Waals surface area contributed by atoms with E-state index >= 15 is 0 Å². The minimum absolute atomic E-state index is 0.300. The number of benzene rings is 2. The van der Waals surface area contributed by atoms with Crippen LogP contribution in [0, 0.1) is 6.92 Å². The fraction of sp³-hybridized carbons (Fsp3) is 0.464. The topological polar surface area (TPSA) is 54.6 Å². The van der Waals surface area contributed by atoms with Gasteiger partial charge in [0.25, 0.3) is 0 Å². The van der Waals surface area contributed by atoms with Gasteiger partial charge in [0.1, 0.15) is 11.9 Å². The van der Waals surface area contributed by atoms with Crippen molar-refractivity contribution in [2.24, 2.45) is 0 Å². The molecule has 0 amide bonds. The van der Waals surface area contributed by atoms with Crippen molar-refractivity contribution in [3.63, 3.8) is 0 Å². The van der Waals surface area contributed by atoms with Crippen molar-refractivity contribution in [2.45, 2.75) is 64.5 Å². The van der Waals surface area contributed by atoms with E-state index in [1.807, 2.05) is 38.1 Å². The number of carbonyl (C=O) groups excluding carboxylic acids is 1. The Morgan fingerprint density at radius 2 is 1.94 bits per heavy atom. The molecule has 0 bridgehead atoms. The van der Waals surface area contributed by atoms with Crippen LogP contribution in [0.3, 0.4) is 0 Å². The third-order valence-corrected chi connectivity index (χ3v) is 7.05. The van der Waals surface area contributed by atoms with Crippen molar-refractivity contribution in [3.05, 3.63) is 64.8 Å². The summed E-state index contributed by atoms with van der Waals surface area (Å²) in [6.07, 6.45) is 7.31. The second-order valence-corrected chi connectivity index (χ2v) is 9.35. The zero-order valence-corrected chi connectivity index (χ0v) is 20.3. The Bertz CT molecular complexity index is 1100. The minimum Gasteiger partial charge on any atom is -0.497 e. The molecule has 1 saturated carbocycles. The molecule has 1 fully saturated rings. The van der Waals surface area contributed by atoms with Crippen LogP contribution in [0.4, 0.5) is 0 Å². The number of nitrogens with one attached hydrogen (secondary N) is 1. The van der Waals surface area contributed by atoms with Crippen LogP contribution in [-0.4, -0.2) is 42.6 Å². The van der Waals surface area contributed by atoms with Crippen molar-refractivity contribution >= 4 is 16.9 Å². The molecule has 2 aromatic carbocycles. The van der Waals surface area contributed by atoms with E-state index in [2.05, 4.69) is 35.1 Å². The number of hydrogen-bond acceptors (Lipinski definition) is 4. The highest BCUT2D eigenvalue weighted by Crippen LogP contribution is 2.28. The second-order valence-electron chi connectivity index (χ2n) is 9.35. The Morgan fingerprint density at radius 3 is 2.70 bits per heavy atom. The Hall–Kier alpha value is -2.79. The summed E-state index contributed by atoms with van der Waals surface area (Å²) >= 11 is 0. The van der Waals surface area contributed by atoms with Crippen molar-refractivity contribution < 1.29 is 14.3 Å². The molecule has 0 radical (unpaired) electrons. The van der Waals surface area contributed by atoms with E-state index in [9.17, 15) is 4.79 Å². The van der Waals surface area contributed by atoms with Gasteiger partial charge in [-0.1, -0.05) is 37.5 Å². The van der Waals surface area contributed by atoms with E-state index in [1.165, 1.54) is 37.7 Å². The maximum Gasteiger partial charge on any atom is 0.341 e. The molecule has 3 aromatic rings. The number of methoxy groups -OCH3 is 1. The number of aromatic amines is 1. The predicted molar refractivity (Wildman–Crippen MR) is 133 cm³/mol. The fourth-order valence-corrected chi connectivity index (χ4v) is 4.98. The summed E-state index contributed by atoms with van der Waals surface area (Å²) in [5, 5.41) is 0.938. The van der Waals surface area contributed by atoms with Crippen molar-refractivity contribution in [1.82, 2.24) is 9.88 Å². The highest BCUT2D eigenvalue weighted by atomic mass is 16.5. The molecule has 0 aliphatic heterocycles. The van der Waals surface area contributed by atoms with Crippen molar-refractivity contribution in [2.75, 3.05) is 20.7 Å². The summed E-state index contributed by atoms with van der Waals surface area (Å²) in [5.41, 5.74) is 4.59. The smallest absolute Gasteiger partial charge is 0.341 e. The minimum atomic E-state index is -0.371. The number of likely N-dealkylation sites (N-methyl/N-ethyl adjacent to an activating group) is 1. The van der Waals surface area contributed by atoms with Crippen molar-refractivity contribution in [3.8, 4) is 5.75 Å². The molecule has 1 aliphatic carbocycles. The van der Waals surface area contributed by atoms with E-state index in [-0.39, 0.29) is 12.1 Å². The van der Waals surface area contributed by atoms with Crippen LogP contribution in [0.15, 0.2) is 42.5 Å². The lowest BCUT2D eigenvalue weighted by molar-refractivity contribution is 0.0339. The summed E-state index contributed by atoms with van der Waals surface area (Å²) < 4.78 is 11.2. The molecule has 33 heavy (non-hydrogen) atoms. The summed E-state index contributed by atoms with van der Waals surface area (Å²) in [7, 11) is 3.88. The van der Waals surface area contributed by atoms with Gasteiger partial charge in [-0.3, -0.25) is 0 Å². The number of ether oxygens (including phenoxy) is 2. The fourth-order valence-electron chi connectivity index (χ4n) is 4.98. The molecule has 5 nitrogen and oxygen atoms in total. The number of aryl methyl sites for hydroxylation is 1. The van der Waals surface area contributed by atoms with Crippen LogP contribution in [-0.2, 0) is 11.2 Å². The quantitative estimate of drug-likeness (QED) is 0.416. The third kappa shape index (κ3) is 5.41. The van der Waals surface area contributed by atoms with Crippen molar-refractivity contribution in [1.29, 1.82) is 0 Å². The zero-order chi connectivity index (χ0) is 23.4. The molecule has 1 heterocycles. The highest BCUT2D eigenvalue weighted by molar-refractivity contribution is 6.05. The lowest BCUT2D eigenvalue weighted by atomic mass is 9.94. The average molecular weight is 449 g/mol.